The predicted molar refractivity (Wildman–Crippen MR) is 158 cm³/mol. The van der Waals surface area contributed by atoms with Crippen molar-refractivity contribution in [3.05, 3.63) is 108 Å². The normalized spacial score (nSPS) is 22.3. The van der Waals surface area contributed by atoms with E-state index in [-0.39, 0.29) is 11.4 Å². The summed E-state index contributed by atoms with van der Waals surface area (Å²) in [5.41, 5.74) is 4.25. The van der Waals surface area contributed by atoms with E-state index in [0.717, 1.165) is 48.6 Å². The van der Waals surface area contributed by atoms with E-state index >= 15 is 0 Å². The molecule has 0 bridgehead atoms. The van der Waals surface area contributed by atoms with E-state index in [1.54, 1.807) is 0 Å². The smallest absolute Gasteiger partial charge is 0.255 e. The number of carbonyl (C=O) groups is 1. The Labute approximate surface area is 226 Å². The van der Waals surface area contributed by atoms with Gasteiger partial charge in [-0.15, -0.1) is 0 Å². The molecule has 0 atom stereocenters. The van der Waals surface area contributed by atoms with Crippen LogP contribution in [0.3, 0.4) is 0 Å². The monoisotopic (exact) mass is 503 g/mol. The fourth-order valence-corrected chi connectivity index (χ4v) is 6.48. The number of nitrogens with zero attached hydrogens (tertiary/aromatic N) is 2. The highest BCUT2D eigenvalue weighted by Gasteiger charge is 2.42. The quantitative estimate of drug-likeness (QED) is 0.310. The molecule has 1 saturated carbocycles. The molecule has 4 aromatic rings. The standard InChI is InChI=1S/C34H37N3O/c1-26-16-18-34(19-17-26,37-22-20-36(21-23-37)32-12-3-2-4-13-32)30-10-7-11-31(25-30)35-33(38)29-15-14-27-8-5-6-9-28(27)24-29/h2-15,24-26H,16-23H2,1H3,(H,35,38)/t26-,34-. The van der Waals surface area contributed by atoms with Crippen molar-refractivity contribution < 1.29 is 4.79 Å². The predicted octanol–water partition coefficient (Wildman–Crippen LogP) is 7.32. The molecule has 6 rings (SSSR count). The first-order valence-electron chi connectivity index (χ1n) is 14.1. The summed E-state index contributed by atoms with van der Waals surface area (Å²) in [6, 6.07) is 33.5. The summed E-state index contributed by atoms with van der Waals surface area (Å²) >= 11 is 0. The van der Waals surface area contributed by atoms with Gasteiger partial charge in [0.05, 0.1) is 0 Å². The van der Waals surface area contributed by atoms with Crippen LogP contribution >= 0.6 is 0 Å². The summed E-state index contributed by atoms with van der Waals surface area (Å²) < 4.78 is 0. The van der Waals surface area contributed by atoms with E-state index in [9.17, 15) is 4.79 Å². The minimum Gasteiger partial charge on any atom is -0.369 e. The van der Waals surface area contributed by atoms with Crippen molar-refractivity contribution in [1.82, 2.24) is 4.90 Å². The minimum absolute atomic E-state index is 0.0268. The molecule has 0 spiro atoms. The van der Waals surface area contributed by atoms with E-state index in [0.29, 0.717) is 5.56 Å². The van der Waals surface area contributed by atoms with Gasteiger partial charge >= 0.3 is 0 Å². The summed E-state index contributed by atoms with van der Waals surface area (Å²) in [6.07, 6.45) is 4.82. The van der Waals surface area contributed by atoms with Gasteiger partial charge in [-0.25, -0.2) is 0 Å². The Morgan fingerprint density at radius 1 is 0.763 bits per heavy atom. The molecule has 4 aromatic carbocycles. The third-order valence-electron chi connectivity index (χ3n) is 8.78. The number of rotatable bonds is 5. The molecule has 0 aromatic heterocycles. The van der Waals surface area contributed by atoms with Crippen molar-refractivity contribution in [2.24, 2.45) is 5.92 Å². The molecule has 194 valence electrons. The number of anilines is 2. The van der Waals surface area contributed by atoms with E-state index in [1.165, 1.54) is 36.9 Å². The summed E-state index contributed by atoms with van der Waals surface area (Å²) in [5, 5.41) is 5.42. The maximum absolute atomic E-state index is 13.2. The Hall–Kier alpha value is -3.63. The number of nitrogens with one attached hydrogen (secondary N) is 1. The van der Waals surface area contributed by atoms with Crippen LogP contribution in [0.25, 0.3) is 10.8 Å². The Morgan fingerprint density at radius 3 is 2.24 bits per heavy atom. The molecule has 1 aliphatic heterocycles. The zero-order chi connectivity index (χ0) is 26.0. The number of fused-ring (bicyclic) bond motifs is 1. The summed E-state index contributed by atoms with van der Waals surface area (Å²) in [7, 11) is 0. The van der Waals surface area contributed by atoms with Crippen molar-refractivity contribution in [1.29, 1.82) is 0 Å². The molecule has 4 nitrogen and oxygen atoms in total. The number of piperazine rings is 1. The highest BCUT2D eigenvalue weighted by molar-refractivity contribution is 6.06. The minimum atomic E-state index is -0.0595. The first-order valence-corrected chi connectivity index (χ1v) is 14.1. The Morgan fingerprint density at radius 2 is 1.47 bits per heavy atom. The van der Waals surface area contributed by atoms with Crippen molar-refractivity contribution in [2.45, 2.75) is 38.1 Å². The molecular weight excluding hydrogens is 466 g/mol. The second-order valence-corrected chi connectivity index (χ2v) is 11.1. The zero-order valence-corrected chi connectivity index (χ0v) is 22.3. The van der Waals surface area contributed by atoms with Gasteiger partial charge in [0.25, 0.3) is 5.91 Å². The Bertz CT molecular complexity index is 1400. The molecule has 0 unspecified atom stereocenters. The van der Waals surface area contributed by atoms with Gasteiger partial charge in [0, 0.05) is 48.7 Å². The molecule has 0 radical (unpaired) electrons. The van der Waals surface area contributed by atoms with Crippen LogP contribution in [-0.2, 0) is 5.54 Å². The van der Waals surface area contributed by atoms with Crippen LogP contribution < -0.4 is 10.2 Å². The number of carbonyl (C=O) groups excluding carboxylic acids is 1. The van der Waals surface area contributed by atoms with Crippen molar-refractivity contribution >= 4 is 28.1 Å². The molecule has 1 N–H and O–H groups in total. The van der Waals surface area contributed by atoms with Gasteiger partial charge in [0.15, 0.2) is 0 Å². The zero-order valence-electron chi connectivity index (χ0n) is 22.3. The Balaban J connectivity index is 1.23. The van der Waals surface area contributed by atoms with Crippen molar-refractivity contribution in [3.63, 3.8) is 0 Å². The summed E-state index contributed by atoms with van der Waals surface area (Å²) in [6.45, 7) is 6.57. The summed E-state index contributed by atoms with van der Waals surface area (Å²) in [5.74, 6) is 0.709. The third-order valence-corrected chi connectivity index (χ3v) is 8.78. The van der Waals surface area contributed by atoms with E-state index in [2.05, 4.69) is 82.7 Å². The van der Waals surface area contributed by atoms with Gasteiger partial charge in [-0.05, 0) is 84.3 Å². The second-order valence-electron chi connectivity index (χ2n) is 11.1. The third kappa shape index (κ3) is 4.93. The van der Waals surface area contributed by atoms with Crippen LogP contribution in [-0.4, -0.2) is 37.0 Å². The van der Waals surface area contributed by atoms with E-state index in [4.69, 9.17) is 0 Å². The average Bonchev–Trinajstić information content (AvgIpc) is 2.98. The van der Waals surface area contributed by atoms with Crippen molar-refractivity contribution in [2.75, 3.05) is 36.4 Å². The number of hydrogen-bond acceptors (Lipinski definition) is 3. The molecule has 1 aliphatic carbocycles. The SMILES string of the molecule is C[C@H]1CC[C@](c2cccc(NC(=O)c3ccc4ccccc4c3)c2)(N2CCN(c3ccccc3)CC2)CC1. The highest BCUT2D eigenvalue weighted by Crippen LogP contribution is 2.45. The maximum atomic E-state index is 13.2. The summed E-state index contributed by atoms with van der Waals surface area (Å²) in [4.78, 5) is 18.5. The van der Waals surface area contributed by atoms with Gasteiger partial charge in [0.2, 0.25) is 0 Å². The molecule has 2 fully saturated rings. The van der Waals surface area contributed by atoms with Crippen LogP contribution in [0.2, 0.25) is 0 Å². The molecule has 1 saturated heterocycles. The number of para-hydroxylation sites is 1. The lowest BCUT2D eigenvalue weighted by atomic mass is 9.71. The van der Waals surface area contributed by atoms with Gasteiger partial charge in [-0.3, -0.25) is 9.69 Å². The maximum Gasteiger partial charge on any atom is 0.255 e. The highest BCUT2D eigenvalue weighted by atomic mass is 16.1. The van der Waals surface area contributed by atoms with E-state index < -0.39 is 0 Å². The van der Waals surface area contributed by atoms with Gasteiger partial charge in [0.1, 0.15) is 0 Å². The molecule has 38 heavy (non-hydrogen) atoms. The van der Waals surface area contributed by atoms with Crippen LogP contribution in [0, 0.1) is 5.92 Å². The molecule has 4 heteroatoms. The van der Waals surface area contributed by atoms with E-state index in [1.807, 2.05) is 36.4 Å². The van der Waals surface area contributed by atoms with Gasteiger partial charge in [-0.2, -0.15) is 0 Å². The molecular formula is C34H37N3O. The fraction of sp³-hybridized carbons (Fsp3) is 0.324. The largest absolute Gasteiger partial charge is 0.369 e. The van der Waals surface area contributed by atoms with Crippen LogP contribution in [0.1, 0.15) is 48.5 Å². The number of amides is 1. The van der Waals surface area contributed by atoms with Crippen molar-refractivity contribution in [3.8, 4) is 0 Å². The lowest BCUT2D eigenvalue weighted by molar-refractivity contribution is 0.0299. The lowest BCUT2D eigenvalue weighted by Crippen LogP contribution is -2.56. The van der Waals surface area contributed by atoms with Gasteiger partial charge in [-0.1, -0.05) is 67.6 Å². The molecule has 1 heterocycles. The number of benzene rings is 4. The second kappa shape index (κ2) is 10.6. The Kier molecular flexibility index (Phi) is 6.90. The first kappa shape index (κ1) is 24.7. The molecule has 1 amide bonds. The van der Waals surface area contributed by atoms with Crippen LogP contribution in [0.15, 0.2) is 97.1 Å². The van der Waals surface area contributed by atoms with Gasteiger partial charge < -0.3 is 10.2 Å². The fourth-order valence-electron chi connectivity index (χ4n) is 6.48. The lowest BCUT2D eigenvalue weighted by Gasteiger charge is -2.51. The topological polar surface area (TPSA) is 35.6 Å². The first-order chi connectivity index (χ1) is 18.6. The molecule has 2 aliphatic rings. The van der Waals surface area contributed by atoms with Crippen LogP contribution in [0.4, 0.5) is 11.4 Å². The average molecular weight is 504 g/mol. The number of hydrogen-bond donors (Lipinski definition) is 1. The van der Waals surface area contributed by atoms with Crippen LogP contribution in [0.5, 0.6) is 0 Å².